The van der Waals surface area contributed by atoms with Gasteiger partial charge in [-0.2, -0.15) is 0 Å². The van der Waals surface area contributed by atoms with Gasteiger partial charge < -0.3 is 4.74 Å². The van der Waals surface area contributed by atoms with Crippen LogP contribution in [0.25, 0.3) is 0 Å². The molecular formula is C28H44O4. The van der Waals surface area contributed by atoms with Gasteiger partial charge in [0.05, 0.1) is 13.2 Å². The van der Waals surface area contributed by atoms with E-state index in [0.717, 1.165) is 51.4 Å². The highest BCUT2D eigenvalue weighted by Crippen LogP contribution is 2.11. The maximum absolute atomic E-state index is 11.6. The lowest BCUT2D eigenvalue weighted by Crippen LogP contribution is -2.13. The van der Waals surface area contributed by atoms with Gasteiger partial charge in [0.25, 0.3) is 0 Å². The Labute approximate surface area is 196 Å². The van der Waals surface area contributed by atoms with Crippen LogP contribution < -0.4 is 0 Å². The van der Waals surface area contributed by atoms with Crippen LogP contribution in [0.5, 0.6) is 0 Å². The van der Waals surface area contributed by atoms with E-state index >= 15 is 0 Å². The predicted octanol–water partition coefficient (Wildman–Crippen LogP) is 7.91. The zero-order valence-corrected chi connectivity index (χ0v) is 20.2. The molecule has 0 bridgehead atoms. The van der Waals surface area contributed by atoms with Gasteiger partial charge in [0.1, 0.15) is 0 Å². The molecule has 0 aliphatic rings. The van der Waals surface area contributed by atoms with Gasteiger partial charge in [-0.05, 0) is 63.7 Å². The number of allylic oxidation sites excluding steroid dienone is 12. The molecule has 180 valence electrons. The van der Waals surface area contributed by atoms with Crippen LogP contribution in [0.3, 0.4) is 0 Å². The largest absolute Gasteiger partial charge is 0.465 e. The molecule has 0 aromatic heterocycles. The van der Waals surface area contributed by atoms with Gasteiger partial charge in [-0.1, -0.05) is 86.8 Å². The van der Waals surface area contributed by atoms with Gasteiger partial charge in [0.15, 0.2) is 0 Å². The highest BCUT2D eigenvalue weighted by atomic mass is 17.1. The van der Waals surface area contributed by atoms with Crippen LogP contribution in [0.15, 0.2) is 72.9 Å². The molecule has 0 amide bonds. The third kappa shape index (κ3) is 22.5. The van der Waals surface area contributed by atoms with Crippen molar-refractivity contribution < 1.29 is 19.7 Å². The minimum atomic E-state index is -0.233. The van der Waals surface area contributed by atoms with Gasteiger partial charge in [0, 0.05) is 6.42 Å². The van der Waals surface area contributed by atoms with E-state index in [2.05, 4.69) is 91.6 Å². The molecule has 1 N–H and O–H groups in total. The molecule has 4 nitrogen and oxygen atoms in total. The summed E-state index contributed by atoms with van der Waals surface area (Å²) in [4.78, 5) is 15.5. The predicted molar refractivity (Wildman–Crippen MR) is 135 cm³/mol. The summed E-state index contributed by atoms with van der Waals surface area (Å²) in [6.07, 6.45) is 35.0. The van der Waals surface area contributed by atoms with Crippen LogP contribution in [0.4, 0.5) is 0 Å². The lowest BCUT2D eigenvalue weighted by atomic mass is 10.0. The monoisotopic (exact) mass is 444 g/mol. The third-order valence-corrected chi connectivity index (χ3v) is 4.74. The standard InChI is InChI=1S/C28H44O4/c1-3-5-6-7-8-9-10-11-12-13-14-15-16-17-18-19-20-21-23-27(4-2)26-31-28(29)24-22-25-32-30/h5-6,8-9,11-12,14-15,17-18,20-21,27,30H,3-4,7,10,13,16,19,22-26H2,1-2H3/b6-5-,9-8-,12-11-,15-14-,18-17-,21-20-. The minimum absolute atomic E-state index is 0.158. The van der Waals surface area contributed by atoms with Gasteiger partial charge in [-0.25, -0.2) is 4.89 Å². The molecule has 0 aromatic carbocycles. The molecule has 0 aromatic rings. The topological polar surface area (TPSA) is 55.8 Å². The lowest BCUT2D eigenvalue weighted by Gasteiger charge is -2.13. The molecule has 1 unspecified atom stereocenters. The van der Waals surface area contributed by atoms with Gasteiger partial charge in [-0.3, -0.25) is 10.1 Å². The molecule has 0 heterocycles. The summed E-state index contributed by atoms with van der Waals surface area (Å²) in [6, 6.07) is 0. The van der Waals surface area contributed by atoms with Crippen molar-refractivity contribution in [2.24, 2.45) is 5.92 Å². The van der Waals surface area contributed by atoms with Crippen LogP contribution in [0.2, 0.25) is 0 Å². The van der Waals surface area contributed by atoms with Crippen molar-refractivity contribution in [3.05, 3.63) is 72.9 Å². The van der Waals surface area contributed by atoms with Crippen molar-refractivity contribution >= 4 is 5.97 Å². The first-order valence-electron chi connectivity index (χ1n) is 12.1. The zero-order chi connectivity index (χ0) is 23.5. The molecule has 0 spiro atoms. The maximum Gasteiger partial charge on any atom is 0.305 e. The Kier molecular flexibility index (Phi) is 23.4. The quantitative estimate of drug-likeness (QED) is 0.0681. The first kappa shape index (κ1) is 29.8. The number of carbonyl (C=O) groups excluding carboxylic acids is 1. The third-order valence-electron chi connectivity index (χ3n) is 4.74. The summed E-state index contributed by atoms with van der Waals surface area (Å²) in [5.74, 6) is 0.112. The molecule has 1 atom stereocenters. The van der Waals surface area contributed by atoms with E-state index in [9.17, 15) is 4.79 Å². The van der Waals surface area contributed by atoms with Gasteiger partial charge in [-0.15, -0.1) is 0 Å². The van der Waals surface area contributed by atoms with Crippen LogP contribution >= 0.6 is 0 Å². The average Bonchev–Trinajstić information content (AvgIpc) is 2.80. The minimum Gasteiger partial charge on any atom is -0.465 e. The molecular weight excluding hydrogens is 400 g/mol. The van der Waals surface area contributed by atoms with Crippen LogP contribution in [0.1, 0.15) is 78.1 Å². The number of hydrogen-bond acceptors (Lipinski definition) is 4. The Morgan fingerprint density at radius 3 is 1.66 bits per heavy atom. The Morgan fingerprint density at radius 2 is 1.22 bits per heavy atom. The second-order valence-electron chi connectivity index (χ2n) is 7.54. The van der Waals surface area contributed by atoms with E-state index in [0.29, 0.717) is 18.9 Å². The summed E-state index contributed by atoms with van der Waals surface area (Å²) < 4.78 is 5.29. The number of esters is 1. The van der Waals surface area contributed by atoms with Crippen molar-refractivity contribution in [3.63, 3.8) is 0 Å². The van der Waals surface area contributed by atoms with E-state index in [1.807, 2.05) is 0 Å². The zero-order valence-electron chi connectivity index (χ0n) is 20.2. The lowest BCUT2D eigenvalue weighted by molar-refractivity contribution is -0.242. The van der Waals surface area contributed by atoms with E-state index in [-0.39, 0.29) is 19.0 Å². The van der Waals surface area contributed by atoms with Gasteiger partial charge in [0.2, 0.25) is 0 Å². The summed E-state index contributed by atoms with van der Waals surface area (Å²) in [6.45, 7) is 4.86. The first-order chi connectivity index (χ1) is 15.7. The SMILES string of the molecule is CC/C=C\C/C=C\C/C=C\C/C=C\C/C=C\C/C=C\CC(CC)COC(=O)CCCOO. The average molecular weight is 445 g/mol. The number of hydrogen-bond donors (Lipinski definition) is 1. The molecule has 0 saturated carbocycles. The Balaban J connectivity index is 3.76. The highest BCUT2D eigenvalue weighted by molar-refractivity contribution is 5.69. The van der Waals surface area contributed by atoms with E-state index in [4.69, 9.17) is 9.99 Å². The molecule has 0 saturated heterocycles. The second kappa shape index (κ2) is 25.1. The van der Waals surface area contributed by atoms with Crippen molar-refractivity contribution in [2.45, 2.75) is 78.1 Å². The first-order valence-corrected chi connectivity index (χ1v) is 12.1. The second-order valence-corrected chi connectivity index (χ2v) is 7.54. The number of rotatable bonds is 20. The smallest absolute Gasteiger partial charge is 0.305 e. The van der Waals surface area contributed by atoms with Crippen molar-refractivity contribution in [2.75, 3.05) is 13.2 Å². The molecule has 0 aliphatic carbocycles. The molecule has 0 fully saturated rings. The fourth-order valence-electron chi connectivity index (χ4n) is 2.73. The Hall–Kier alpha value is -2.17. The fourth-order valence-corrected chi connectivity index (χ4v) is 2.73. The van der Waals surface area contributed by atoms with Crippen molar-refractivity contribution in [1.29, 1.82) is 0 Å². The fraction of sp³-hybridized carbons (Fsp3) is 0.536. The van der Waals surface area contributed by atoms with Crippen LogP contribution in [-0.4, -0.2) is 24.4 Å². The van der Waals surface area contributed by atoms with Crippen LogP contribution in [-0.2, 0) is 14.4 Å². The molecule has 0 radical (unpaired) electrons. The normalized spacial score (nSPS) is 13.7. The van der Waals surface area contributed by atoms with Gasteiger partial charge >= 0.3 is 5.97 Å². The van der Waals surface area contributed by atoms with Crippen LogP contribution in [0, 0.1) is 5.92 Å². The van der Waals surface area contributed by atoms with E-state index < -0.39 is 0 Å². The Morgan fingerprint density at radius 1 is 0.750 bits per heavy atom. The highest BCUT2D eigenvalue weighted by Gasteiger charge is 2.08. The summed E-state index contributed by atoms with van der Waals surface area (Å²) in [5, 5.41) is 8.24. The Bertz CT molecular complexity index is 597. The summed E-state index contributed by atoms with van der Waals surface area (Å²) in [5.41, 5.74) is 0. The summed E-state index contributed by atoms with van der Waals surface area (Å²) in [7, 11) is 0. The summed E-state index contributed by atoms with van der Waals surface area (Å²) >= 11 is 0. The molecule has 0 aliphatic heterocycles. The van der Waals surface area contributed by atoms with Crippen molar-refractivity contribution in [3.8, 4) is 0 Å². The molecule has 32 heavy (non-hydrogen) atoms. The molecule has 4 heteroatoms. The van der Waals surface area contributed by atoms with Crippen molar-refractivity contribution in [1.82, 2.24) is 0 Å². The maximum atomic E-state index is 11.6. The van der Waals surface area contributed by atoms with E-state index in [1.165, 1.54) is 0 Å². The number of carbonyl (C=O) groups is 1. The van der Waals surface area contributed by atoms with E-state index in [1.54, 1.807) is 0 Å². The number of ether oxygens (including phenoxy) is 1. The molecule has 0 rings (SSSR count).